The minimum absolute atomic E-state index is 0.0533. The molecule has 1 saturated heterocycles. The molecule has 2 N–H and O–H groups in total. The van der Waals surface area contributed by atoms with Crippen LogP contribution in [-0.4, -0.2) is 55.4 Å². The first kappa shape index (κ1) is 17.4. The molecule has 2 fully saturated rings. The second-order valence-corrected chi connectivity index (χ2v) is 7.61. The standard InChI is InChI=1S/C18H26ClN3O2/c1-21(12-18(13-23)8-9-18)17(24)20-14-5-4-10-22(11-14)16-7-3-2-6-15(16)19/h2-3,6-7,14,23H,4-5,8-13H2,1H3,(H,20,24). The number of aliphatic hydroxyl groups excluding tert-OH is 1. The zero-order chi connectivity index (χ0) is 17.2. The maximum atomic E-state index is 12.4. The maximum Gasteiger partial charge on any atom is 0.317 e. The van der Waals surface area contributed by atoms with Crippen LogP contribution < -0.4 is 10.2 Å². The summed E-state index contributed by atoms with van der Waals surface area (Å²) in [6.07, 6.45) is 4.02. The van der Waals surface area contributed by atoms with Crippen molar-refractivity contribution in [3.05, 3.63) is 29.3 Å². The number of hydrogen-bond donors (Lipinski definition) is 2. The number of halogens is 1. The van der Waals surface area contributed by atoms with Crippen molar-refractivity contribution in [2.45, 2.75) is 31.7 Å². The average molecular weight is 352 g/mol. The second kappa shape index (κ2) is 7.19. The van der Waals surface area contributed by atoms with Gasteiger partial charge in [0.15, 0.2) is 0 Å². The predicted molar refractivity (Wildman–Crippen MR) is 96.6 cm³/mol. The molecule has 0 aromatic heterocycles. The van der Waals surface area contributed by atoms with Gasteiger partial charge in [0.1, 0.15) is 0 Å². The third-order valence-corrected chi connectivity index (χ3v) is 5.47. The first-order valence-corrected chi connectivity index (χ1v) is 9.03. The van der Waals surface area contributed by atoms with E-state index in [2.05, 4.69) is 10.2 Å². The van der Waals surface area contributed by atoms with Crippen molar-refractivity contribution in [2.24, 2.45) is 5.41 Å². The van der Waals surface area contributed by atoms with Crippen LogP contribution in [0.2, 0.25) is 5.02 Å². The van der Waals surface area contributed by atoms with Crippen molar-refractivity contribution < 1.29 is 9.90 Å². The molecule has 0 spiro atoms. The molecule has 1 saturated carbocycles. The van der Waals surface area contributed by atoms with Gasteiger partial charge in [-0.3, -0.25) is 0 Å². The molecule has 1 aromatic rings. The van der Waals surface area contributed by atoms with Crippen LogP contribution in [-0.2, 0) is 0 Å². The summed E-state index contributed by atoms with van der Waals surface area (Å²) in [5, 5.41) is 13.3. The maximum absolute atomic E-state index is 12.4. The van der Waals surface area contributed by atoms with Crippen LogP contribution in [0.3, 0.4) is 0 Å². The number of amides is 2. The zero-order valence-electron chi connectivity index (χ0n) is 14.2. The van der Waals surface area contributed by atoms with Crippen LogP contribution in [0.1, 0.15) is 25.7 Å². The Hall–Kier alpha value is -1.46. The fourth-order valence-electron chi connectivity index (χ4n) is 3.42. The van der Waals surface area contributed by atoms with Crippen LogP contribution in [0.5, 0.6) is 0 Å². The molecule has 2 aliphatic rings. The highest BCUT2D eigenvalue weighted by molar-refractivity contribution is 6.33. The van der Waals surface area contributed by atoms with Gasteiger partial charge in [-0.1, -0.05) is 23.7 Å². The number of aliphatic hydroxyl groups is 1. The van der Waals surface area contributed by atoms with E-state index in [0.717, 1.165) is 49.5 Å². The highest BCUT2D eigenvalue weighted by atomic mass is 35.5. The lowest BCUT2D eigenvalue weighted by Crippen LogP contribution is -2.51. The van der Waals surface area contributed by atoms with Gasteiger partial charge in [0, 0.05) is 38.1 Å². The number of piperidine rings is 1. The number of rotatable bonds is 5. The van der Waals surface area contributed by atoms with E-state index >= 15 is 0 Å². The van der Waals surface area contributed by atoms with E-state index in [1.807, 2.05) is 24.3 Å². The number of anilines is 1. The molecule has 1 aliphatic carbocycles. The van der Waals surface area contributed by atoms with Gasteiger partial charge in [-0.15, -0.1) is 0 Å². The molecule has 1 unspecified atom stereocenters. The highest BCUT2D eigenvalue weighted by Crippen LogP contribution is 2.45. The lowest BCUT2D eigenvalue weighted by Gasteiger charge is -2.36. The van der Waals surface area contributed by atoms with Crippen molar-refractivity contribution in [3.8, 4) is 0 Å². The number of hydrogen-bond acceptors (Lipinski definition) is 3. The van der Waals surface area contributed by atoms with Crippen LogP contribution in [0.4, 0.5) is 10.5 Å². The van der Waals surface area contributed by atoms with Gasteiger partial charge < -0.3 is 20.2 Å². The van der Waals surface area contributed by atoms with E-state index in [-0.39, 0.29) is 24.1 Å². The van der Waals surface area contributed by atoms with Gasteiger partial charge >= 0.3 is 6.03 Å². The minimum atomic E-state index is -0.0549. The molecular weight excluding hydrogens is 326 g/mol. The van der Waals surface area contributed by atoms with Crippen molar-refractivity contribution in [3.63, 3.8) is 0 Å². The number of carbonyl (C=O) groups is 1. The van der Waals surface area contributed by atoms with E-state index in [9.17, 15) is 9.90 Å². The number of benzene rings is 1. The summed E-state index contributed by atoms with van der Waals surface area (Å²) in [4.78, 5) is 16.4. The monoisotopic (exact) mass is 351 g/mol. The van der Waals surface area contributed by atoms with E-state index in [4.69, 9.17) is 11.6 Å². The number of nitrogens with one attached hydrogen (secondary N) is 1. The first-order valence-electron chi connectivity index (χ1n) is 8.65. The second-order valence-electron chi connectivity index (χ2n) is 7.20. The molecule has 1 aromatic carbocycles. The Balaban J connectivity index is 1.55. The molecule has 132 valence electrons. The number of carbonyl (C=O) groups excluding carboxylic acids is 1. The van der Waals surface area contributed by atoms with Crippen LogP contribution >= 0.6 is 11.6 Å². The van der Waals surface area contributed by atoms with Gasteiger partial charge in [0.2, 0.25) is 0 Å². The summed E-state index contributed by atoms with van der Waals surface area (Å²) in [5.74, 6) is 0. The Morgan fingerprint density at radius 3 is 2.88 bits per heavy atom. The van der Waals surface area contributed by atoms with Gasteiger partial charge in [-0.2, -0.15) is 0 Å². The van der Waals surface area contributed by atoms with Gasteiger partial charge in [0.05, 0.1) is 17.3 Å². The normalized spacial score (nSPS) is 22.1. The van der Waals surface area contributed by atoms with Gasteiger partial charge in [-0.05, 0) is 37.8 Å². The summed E-state index contributed by atoms with van der Waals surface area (Å²) in [7, 11) is 1.81. The van der Waals surface area contributed by atoms with E-state index < -0.39 is 0 Å². The molecular formula is C18H26ClN3O2. The first-order chi connectivity index (χ1) is 11.5. The summed E-state index contributed by atoms with van der Waals surface area (Å²) in [6, 6.07) is 7.91. The zero-order valence-corrected chi connectivity index (χ0v) is 14.9. The Labute approximate surface area is 148 Å². The molecule has 5 nitrogen and oxygen atoms in total. The lowest BCUT2D eigenvalue weighted by atomic mass is 10.0. The Morgan fingerprint density at radius 1 is 1.46 bits per heavy atom. The van der Waals surface area contributed by atoms with Crippen LogP contribution in [0, 0.1) is 5.41 Å². The number of urea groups is 1. The SMILES string of the molecule is CN(CC1(CO)CC1)C(=O)NC1CCCN(c2ccccc2Cl)C1. The largest absolute Gasteiger partial charge is 0.396 e. The molecule has 1 heterocycles. The molecule has 2 amide bonds. The average Bonchev–Trinajstić information content (AvgIpc) is 3.35. The van der Waals surface area contributed by atoms with E-state index in [0.29, 0.717) is 6.54 Å². The molecule has 1 aliphatic heterocycles. The number of nitrogens with zero attached hydrogens (tertiary/aromatic N) is 2. The summed E-state index contributed by atoms with van der Waals surface area (Å²) in [6.45, 7) is 2.51. The fourth-order valence-corrected chi connectivity index (χ4v) is 3.68. The Bertz CT molecular complexity index is 591. The van der Waals surface area contributed by atoms with Gasteiger partial charge in [0.25, 0.3) is 0 Å². The van der Waals surface area contributed by atoms with Crippen molar-refractivity contribution in [2.75, 3.05) is 38.2 Å². The Morgan fingerprint density at radius 2 is 2.21 bits per heavy atom. The summed E-state index contributed by atoms with van der Waals surface area (Å²) >= 11 is 6.30. The topological polar surface area (TPSA) is 55.8 Å². The predicted octanol–water partition coefficient (Wildman–Crippen LogP) is 2.72. The highest BCUT2D eigenvalue weighted by Gasteiger charge is 2.43. The number of para-hydroxylation sites is 1. The van der Waals surface area contributed by atoms with Gasteiger partial charge in [-0.25, -0.2) is 4.79 Å². The lowest BCUT2D eigenvalue weighted by molar-refractivity contribution is 0.159. The third-order valence-electron chi connectivity index (χ3n) is 5.15. The third kappa shape index (κ3) is 3.95. The summed E-state index contributed by atoms with van der Waals surface area (Å²) < 4.78 is 0. The van der Waals surface area contributed by atoms with Crippen LogP contribution in [0.15, 0.2) is 24.3 Å². The van der Waals surface area contributed by atoms with E-state index in [1.54, 1.807) is 11.9 Å². The van der Waals surface area contributed by atoms with Crippen molar-refractivity contribution in [1.82, 2.24) is 10.2 Å². The molecule has 6 heteroatoms. The van der Waals surface area contributed by atoms with Crippen molar-refractivity contribution in [1.29, 1.82) is 0 Å². The molecule has 24 heavy (non-hydrogen) atoms. The minimum Gasteiger partial charge on any atom is -0.396 e. The molecule has 0 radical (unpaired) electrons. The smallest absolute Gasteiger partial charge is 0.317 e. The molecule has 0 bridgehead atoms. The molecule has 3 rings (SSSR count). The summed E-state index contributed by atoms with van der Waals surface area (Å²) in [5.41, 5.74) is 0.978. The fraction of sp³-hybridized carbons (Fsp3) is 0.611. The van der Waals surface area contributed by atoms with Crippen LogP contribution in [0.25, 0.3) is 0 Å². The van der Waals surface area contributed by atoms with E-state index in [1.165, 1.54) is 0 Å². The Kier molecular flexibility index (Phi) is 5.21. The quantitative estimate of drug-likeness (QED) is 0.857. The van der Waals surface area contributed by atoms with Crippen molar-refractivity contribution >= 4 is 23.3 Å². The molecule has 1 atom stereocenters.